The van der Waals surface area contributed by atoms with E-state index in [1.807, 2.05) is 24.4 Å². The first-order chi connectivity index (χ1) is 16.2. The van der Waals surface area contributed by atoms with E-state index in [9.17, 15) is 0 Å². The normalized spacial score (nSPS) is 15.5. The van der Waals surface area contributed by atoms with Gasteiger partial charge in [0.05, 0.1) is 22.7 Å². The third-order valence-corrected chi connectivity index (χ3v) is 6.03. The third-order valence-electron chi connectivity index (χ3n) is 6.03. The van der Waals surface area contributed by atoms with E-state index in [4.69, 9.17) is 15.7 Å². The molecule has 0 amide bonds. The van der Waals surface area contributed by atoms with E-state index < -0.39 is 0 Å². The second-order valence-corrected chi connectivity index (χ2v) is 8.45. The number of rotatable bonds is 5. The molecule has 0 radical (unpaired) electrons. The summed E-state index contributed by atoms with van der Waals surface area (Å²) in [6.45, 7) is 3.81. The molecule has 4 aromatic rings. The Hall–Kier alpha value is -3.77. The summed E-state index contributed by atoms with van der Waals surface area (Å²) in [4.78, 5) is 14.2. The predicted octanol–water partition coefficient (Wildman–Crippen LogP) is 5.04. The smallest absolute Gasteiger partial charge is 0.116 e. The van der Waals surface area contributed by atoms with Gasteiger partial charge in [-0.15, -0.1) is 0 Å². The van der Waals surface area contributed by atoms with Crippen molar-refractivity contribution in [1.82, 2.24) is 19.9 Å². The van der Waals surface area contributed by atoms with Gasteiger partial charge in [-0.2, -0.15) is 0 Å². The molecule has 0 aliphatic carbocycles. The van der Waals surface area contributed by atoms with Crippen molar-refractivity contribution in [1.29, 1.82) is 0 Å². The van der Waals surface area contributed by atoms with E-state index in [1.165, 1.54) is 0 Å². The van der Waals surface area contributed by atoms with E-state index >= 15 is 0 Å². The van der Waals surface area contributed by atoms with Crippen molar-refractivity contribution in [3.05, 3.63) is 78.9 Å². The van der Waals surface area contributed by atoms with E-state index in [2.05, 4.69) is 63.5 Å². The summed E-state index contributed by atoms with van der Waals surface area (Å²) in [6.07, 6.45) is 7.90. The predicted molar refractivity (Wildman–Crippen MR) is 136 cm³/mol. The summed E-state index contributed by atoms with van der Waals surface area (Å²) in [5.41, 5.74) is 10.7. The molecular weight excluding hydrogens is 408 g/mol. The highest BCUT2D eigenvalue weighted by molar-refractivity contribution is 5.85. The van der Waals surface area contributed by atoms with Crippen molar-refractivity contribution in [3.8, 4) is 22.5 Å². The van der Waals surface area contributed by atoms with Gasteiger partial charge in [-0.3, -0.25) is 0 Å². The summed E-state index contributed by atoms with van der Waals surface area (Å²) >= 11 is 0. The summed E-state index contributed by atoms with van der Waals surface area (Å²) < 4.78 is 2.09. The minimum absolute atomic E-state index is 0.413. The van der Waals surface area contributed by atoms with Crippen molar-refractivity contribution in [2.24, 2.45) is 10.7 Å². The van der Waals surface area contributed by atoms with Gasteiger partial charge in [0, 0.05) is 41.0 Å². The molecule has 1 fully saturated rings. The molecule has 0 unspecified atom stereocenters. The number of fused-ring (bicyclic) bond motifs is 1. The molecule has 0 bridgehead atoms. The summed E-state index contributed by atoms with van der Waals surface area (Å²) in [5.74, 6) is 2.01. The fraction of sp³-hybridized carbons (Fsp3) is 0.222. The first kappa shape index (κ1) is 21.1. The molecule has 1 aliphatic heterocycles. The van der Waals surface area contributed by atoms with Crippen molar-refractivity contribution in [3.63, 3.8) is 0 Å². The zero-order valence-corrected chi connectivity index (χ0v) is 18.8. The molecule has 0 saturated carbocycles. The number of aromatic nitrogens is 3. The number of nitrogens with two attached hydrogens (primary N) is 1. The third kappa shape index (κ3) is 4.71. The Morgan fingerprint density at radius 2 is 1.79 bits per heavy atom. The second kappa shape index (κ2) is 9.38. The number of hydrogen-bond donors (Lipinski definition) is 2. The lowest BCUT2D eigenvalue weighted by atomic mass is 9.97. The van der Waals surface area contributed by atoms with Gasteiger partial charge in [0.2, 0.25) is 0 Å². The molecule has 5 rings (SSSR count). The molecule has 1 saturated heterocycles. The second-order valence-electron chi connectivity index (χ2n) is 8.45. The number of aliphatic imine (C=N–C) groups is 1. The highest BCUT2D eigenvalue weighted by atomic mass is 15.1. The van der Waals surface area contributed by atoms with Crippen LogP contribution in [0.1, 0.15) is 31.5 Å². The van der Waals surface area contributed by atoms with Crippen molar-refractivity contribution < 1.29 is 0 Å². The number of nitrogens with zero attached hydrogens (tertiary/aromatic N) is 4. The molecule has 33 heavy (non-hydrogen) atoms. The van der Waals surface area contributed by atoms with Crippen molar-refractivity contribution in [2.75, 3.05) is 13.1 Å². The van der Waals surface area contributed by atoms with Gasteiger partial charge in [0.25, 0.3) is 0 Å². The molecule has 0 spiro atoms. The first-order valence-corrected chi connectivity index (χ1v) is 11.4. The quantitative estimate of drug-likeness (QED) is 0.339. The van der Waals surface area contributed by atoms with Gasteiger partial charge < -0.3 is 15.6 Å². The Labute approximate surface area is 193 Å². The number of piperidine rings is 1. The van der Waals surface area contributed by atoms with Crippen LogP contribution in [-0.2, 0) is 0 Å². The molecule has 2 aromatic carbocycles. The van der Waals surface area contributed by atoms with E-state index in [0.717, 1.165) is 65.2 Å². The first-order valence-electron chi connectivity index (χ1n) is 11.4. The lowest BCUT2D eigenvalue weighted by Gasteiger charge is -2.22. The average Bonchev–Trinajstić information content (AvgIpc) is 3.28. The molecule has 2 aromatic heterocycles. The lowest BCUT2D eigenvalue weighted by Crippen LogP contribution is -2.27. The van der Waals surface area contributed by atoms with Crippen LogP contribution in [0.5, 0.6) is 0 Å². The Bertz CT molecular complexity index is 1310. The maximum absolute atomic E-state index is 5.70. The summed E-state index contributed by atoms with van der Waals surface area (Å²) in [5, 5.41) is 4.55. The van der Waals surface area contributed by atoms with Gasteiger partial charge >= 0.3 is 0 Å². The van der Waals surface area contributed by atoms with Crippen LogP contribution in [0.25, 0.3) is 39.6 Å². The maximum atomic E-state index is 5.70. The number of nitrogens with one attached hydrogen (secondary N) is 1. The van der Waals surface area contributed by atoms with Crippen LogP contribution in [0, 0.1) is 0 Å². The Morgan fingerprint density at radius 3 is 2.58 bits per heavy atom. The SMILES string of the molecule is C/C(N)=N\C=C/n1cc(-c2ccc3ccc(-c4ccccc4)nc3c2)nc1C1CCNCC1. The Kier molecular flexibility index (Phi) is 6.00. The van der Waals surface area contributed by atoms with Gasteiger partial charge in [-0.05, 0) is 45.0 Å². The average molecular weight is 437 g/mol. The monoisotopic (exact) mass is 436 g/mol. The van der Waals surface area contributed by atoms with Gasteiger partial charge in [-0.25, -0.2) is 15.0 Å². The number of imidazole rings is 1. The number of hydrogen-bond acceptors (Lipinski definition) is 4. The zero-order valence-electron chi connectivity index (χ0n) is 18.8. The largest absolute Gasteiger partial charge is 0.387 e. The van der Waals surface area contributed by atoms with Crippen molar-refractivity contribution in [2.45, 2.75) is 25.7 Å². The zero-order chi connectivity index (χ0) is 22.6. The van der Waals surface area contributed by atoms with Crippen LogP contribution in [0.4, 0.5) is 0 Å². The summed E-state index contributed by atoms with van der Waals surface area (Å²) in [6, 6.07) is 20.8. The van der Waals surface area contributed by atoms with Crippen LogP contribution in [0.15, 0.2) is 78.1 Å². The van der Waals surface area contributed by atoms with Crippen LogP contribution >= 0.6 is 0 Å². The van der Waals surface area contributed by atoms with Crippen LogP contribution in [0.3, 0.4) is 0 Å². The fourth-order valence-corrected chi connectivity index (χ4v) is 4.32. The topological polar surface area (TPSA) is 81.1 Å². The minimum Gasteiger partial charge on any atom is -0.387 e. The highest BCUT2D eigenvalue weighted by Gasteiger charge is 2.21. The van der Waals surface area contributed by atoms with Crippen molar-refractivity contribution >= 4 is 22.9 Å². The van der Waals surface area contributed by atoms with E-state index in [-0.39, 0.29) is 0 Å². The standard InChI is InChI=1S/C27H28N6/c1-19(28)30-15-16-33-18-26(32-27(33)22-11-13-29-14-12-22)23-8-7-21-9-10-24(31-25(21)17-23)20-5-3-2-4-6-20/h2-10,15-18,22,29H,11-14H2,1H3,(H2,28,30)/b16-15-. The number of amidine groups is 1. The molecule has 6 heteroatoms. The Morgan fingerprint density at radius 1 is 1.00 bits per heavy atom. The molecule has 166 valence electrons. The van der Waals surface area contributed by atoms with Crippen LogP contribution in [-0.4, -0.2) is 33.5 Å². The minimum atomic E-state index is 0.413. The summed E-state index contributed by atoms with van der Waals surface area (Å²) in [7, 11) is 0. The maximum Gasteiger partial charge on any atom is 0.116 e. The molecule has 0 atom stereocenters. The van der Waals surface area contributed by atoms with Gasteiger partial charge in [0.1, 0.15) is 5.82 Å². The van der Waals surface area contributed by atoms with E-state index in [0.29, 0.717) is 11.8 Å². The van der Waals surface area contributed by atoms with Crippen LogP contribution < -0.4 is 11.1 Å². The number of pyridine rings is 1. The van der Waals surface area contributed by atoms with Gasteiger partial charge in [0.15, 0.2) is 0 Å². The molecule has 6 nitrogen and oxygen atoms in total. The highest BCUT2D eigenvalue weighted by Crippen LogP contribution is 2.30. The molecular formula is C27H28N6. The Balaban J connectivity index is 1.54. The fourth-order valence-electron chi connectivity index (χ4n) is 4.32. The number of benzene rings is 2. The van der Waals surface area contributed by atoms with E-state index in [1.54, 1.807) is 13.1 Å². The molecule has 3 heterocycles. The lowest BCUT2D eigenvalue weighted by molar-refractivity contribution is 0.443. The van der Waals surface area contributed by atoms with Gasteiger partial charge in [-0.1, -0.05) is 48.5 Å². The molecule has 3 N–H and O–H groups in total. The van der Waals surface area contributed by atoms with Crippen LogP contribution in [0.2, 0.25) is 0 Å². The molecule has 1 aliphatic rings.